The van der Waals surface area contributed by atoms with Crippen LogP contribution in [0.15, 0.2) is 54.6 Å². The zero-order valence-electron chi connectivity index (χ0n) is 8.14. The Hall–Kier alpha value is -2.00. The molecule has 2 aromatic carbocycles. The van der Waals surface area contributed by atoms with E-state index in [2.05, 4.69) is 10.8 Å². The number of anilines is 3. The Balaban J connectivity index is 2.11. The molecule has 76 valence electrons. The van der Waals surface area contributed by atoms with E-state index in [1.54, 1.807) is 12.1 Å². The van der Waals surface area contributed by atoms with Gasteiger partial charge in [0.25, 0.3) is 0 Å². The van der Waals surface area contributed by atoms with Crippen molar-refractivity contribution >= 4 is 17.1 Å². The lowest BCUT2D eigenvalue weighted by Gasteiger charge is -2.06. The molecule has 2 rings (SSSR count). The van der Waals surface area contributed by atoms with Crippen molar-refractivity contribution in [2.24, 2.45) is 0 Å². The molecule has 2 aromatic rings. The van der Waals surface area contributed by atoms with Gasteiger partial charge < -0.3 is 5.32 Å². The quantitative estimate of drug-likeness (QED) is 0.666. The molecule has 3 heteroatoms. The van der Waals surface area contributed by atoms with Gasteiger partial charge in [-0.25, -0.2) is 0 Å². The Morgan fingerprint density at radius 2 is 1.20 bits per heavy atom. The first-order valence-electron chi connectivity index (χ1n) is 4.71. The van der Waals surface area contributed by atoms with Crippen LogP contribution >= 0.6 is 0 Å². The molecule has 0 atom stereocenters. The Kier molecular flexibility index (Phi) is 2.85. The predicted molar refractivity (Wildman–Crippen MR) is 61.6 cm³/mol. The highest BCUT2D eigenvalue weighted by atomic mass is 16.5. The van der Waals surface area contributed by atoms with E-state index in [1.165, 1.54) is 0 Å². The molecule has 0 heterocycles. The smallest absolute Gasteiger partial charge is 0.0603 e. The largest absolute Gasteiger partial charge is 0.356 e. The molecule has 0 aliphatic rings. The van der Waals surface area contributed by atoms with Gasteiger partial charge in [-0.1, -0.05) is 18.2 Å². The maximum atomic E-state index is 8.65. The van der Waals surface area contributed by atoms with Gasteiger partial charge in [0, 0.05) is 11.4 Å². The Labute approximate surface area is 88.3 Å². The predicted octanol–water partition coefficient (Wildman–Crippen LogP) is 3.23. The van der Waals surface area contributed by atoms with Gasteiger partial charge in [0.05, 0.1) is 5.69 Å². The first kappa shape index (κ1) is 9.55. The fraction of sp³-hybridized carbons (Fsp3) is 0. The SMILES string of the molecule is ONc1ccc(Nc2ccccc2)cc1. The van der Waals surface area contributed by atoms with E-state index < -0.39 is 0 Å². The number of nitrogens with one attached hydrogen (secondary N) is 2. The number of benzene rings is 2. The summed E-state index contributed by atoms with van der Waals surface area (Å²) in [5, 5.41) is 11.9. The molecular formula is C12H12N2O. The van der Waals surface area contributed by atoms with Crippen LogP contribution in [0.25, 0.3) is 0 Å². The second-order valence-electron chi connectivity index (χ2n) is 3.18. The minimum atomic E-state index is 0.675. The van der Waals surface area contributed by atoms with Crippen molar-refractivity contribution < 1.29 is 5.21 Å². The lowest BCUT2D eigenvalue weighted by Crippen LogP contribution is -1.91. The molecule has 0 saturated heterocycles. The number of hydrogen-bond donors (Lipinski definition) is 3. The van der Waals surface area contributed by atoms with Crippen LogP contribution in [0.5, 0.6) is 0 Å². The van der Waals surface area contributed by atoms with E-state index in [4.69, 9.17) is 5.21 Å². The molecule has 0 spiro atoms. The van der Waals surface area contributed by atoms with Crippen molar-refractivity contribution in [2.75, 3.05) is 10.8 Å². The summed E-state index contributed by atoms with van der Waals surface area (Å²) in [6, 6.07) is 17.3. The van der Waals surface area contributed by atoms with Crippen LogP contribution in [0.1, 0.15) is 0 Å². The van der Waals surface area contributed by atoms with Crippen molar-refractivity contribution in [3.8, 4) is 0 Å². The van der Waals surface area contributed by atoms with Gasteiger partial charge in [0.1, 0.15) is 0 Å². The van der Waals surface area contributed by atoms with Gasteiger partial charge in [-0.15, -0.1) is 0 Å². The summed E-state index contributed by atoms with van der Waals surface area (Å²) in [5.74, 6) is 0. The third-order valence-corrected chi connectivity index (χ3v) is 2.08. The molecule has 3 nitrogen and oxygen atoms in total. The molecule has 0 amide bonds. The summed E-state index contributed by atoms with van der Waals surface area (Å²) >= 11 is 0. The van der Waals surface area contributed by atoms with Gasteiger partial charge in [-0.05, 0) is 36.4 Å². The van der Waals surface area contributed by atoms with E-state index in [0.717, 1.165) is 11.4 Å². The topological polar surface area (TPSA) is 44.3 Å². The highest BCUT2D eigenvalue weighted by Crippen LogP contribution is 2.17. The summed E-state index contributed by atoms with van der Waals surface area (Å²) < 4.78 is 0. The summed E-state index contributed by atoms with van der Waals surface area (Å²) in [6.45, 7) is 0. The Bertz CT molecular complexity index is 411. The zero-order chi connectivity index (χ0) is 10.5. The highest BCUT2D eigenvalue weighted by Gasteiger charge is 1.93. The van der Waals surface area contributed by atoms with E-state index in [9.17, 15) is 0 Å². The molecule has 15 heavy (non-hydrogen) atoms. The molecule has 0 aliphatic heterocycles. The first-order chi connectivity index (χ1) is 7.38. The molecule has 0 unspecified atom stereocenters. The van der Waals surface area contributed by atoms with E-state index in [1.807, 2.05) is 42.5 Å². The van der Waals surface area contributed by atoms with Crippen molar-refractivity contribution in [1.29, 1.82) is 0 Å². The highest BCUT2D eigenvalue weighted by molar-refractivity contribution is 5.61. The molecule has 0 aromatic heterocycles. The minimum absolute atomic E-state index is 0.675. The Morgan fingerprint density at radius 3 is 1.80 bits per heavy atom. The molecule has 0 aliphatic carbocycles. The fourth-order valence-corrected chi connectivity index (χ4v) is 1.32. The van der Waals surface area contributed by atoms with Crippen LogP contribution in [0, 0.1) is 0 Å². The second-order valence-corrected chi connectivity index (χ2v) is 3.18. The molecule has 3 N–H and O–H groups in total. The van der Waals surface area contributed by atoms with Crippen molar-refractivity contribution in [2.45, 2.75) is 0 Å². The zero-order valence-corrected chi connectivity index (χ0v) is 8.14. The van der Waals surface area contributed by atoms with Gasteiger partial charge in [-0.3, -0.25) is 10.7 Å². The van der Waals surface area contributed by atoms with Crippen LogP contribution in [0.4, 0.5) is 17.1 Å². The van der Waals surface area contributed by atoms with Crippen molar-refractivity contribution in [3.63, 3.8) is 0 Å². The van der Waals surface area contributed by atoms with Gasteiger partial charge in [-0.2, -0.15) is 0 Å². The number of para-hydroxylation sites is 1. The van der Waals surface area contributed by atoms with Crippen LogP contribution in [-0.4, -0.2) is 5.21 Å². The molecular weight excluding hydrogens is 188 g/mol. The first-order valence-corrected chi connectivity index (χ1v) is 4.71. The Morgan fingerprint density at radius 1 is 0.667 bits per heavy atom. The third kappa shape index (κ3) is 2.48. The normalized spacial score (nSPS) is 9.67. The van der Waals surface area contributed by atoms with Crippen LogP contribution in [0.3, 0.4) is 0 Å². The number of rotatable bonds is 3. The second kappa shape index (κ2) is 4.48. The molecule has 0 fully saturated rings. The third-order valence-electron chi connectivity index (χ3n) is 2.08. The molecule has 0 bridgehead atoms. The van der Waals surface area contributed by atoms with Crippen LogP contribution in [-0.2, 0) is 0 Å². The van der Waals surface area contributed by atoms with Gasteiger partial charge in [0.2, 0.25) is 0 Å². The van der Waals surface area contributed by atoms with E-state index in [0.29, 0.717) is 5.69 Å². The maximum Gasteiger partial charge on any atom is 0.0603 e. The summed E-state index contributed by atoms with van der Waals surface area (Å²) in [7, 11) is 0. The van der Waals surface area contributed by atoms with Gasteiger partial charge >= 0.3 is 0 Å². The lowest BCUT2D eigenvalue weighted by atomic mass is 10.2. The monoisotopic (exact) mass is 200 g/mol. The minimum Gasteiger partial charge on any atom is -0.356 e. The standard InChI is InChI=1S/C12H12N2O/c15-14-12-8-6-11(7-9-12)13-10-4-2-1-3-5-10/h1-9,13-15H. The summed E-state index contributed by atoms with van der Waals surface area (Å²) in [5.41, 5.74) is 4.79. The summed E-state index contributed by atoms with van der Waals surface area (Å²) in [6.07, 6.45) is 0. The van der Waals surface area contributed by atoms with Gasteiger partial charge in [0.15, 0.2) is 0 Å². The average Bonchev–Trinajstić information content (AvgIpc) is 2.31. The fourth-order valence-electron chi connectivity index (χ4n) is 1.32. The van der Waals surface area contributed by atoms with Crippen LogP contribution in [0.2, 0.25) is 0 Å². The van der Waals surface area contributed by atoms with Crippen LogP contribution < -0.4 is 10.8 Å². The maximum absolute atomic E-state index is 8.65. The van der Waals surface area contributed by atoms with E-state index in [-0.39, 0.29) is 0 Å². The number of hydrogen-bond acceptors (Lipinski definition) is 3. The lowest BCUT2D eigenvalue weighted by molar-refractivity contribution is 0.389. The summed E-state index contributed by atoms with van der Waals surface area (Å²) in [4.78, 5) is 0. The molecule has 0 saturated carbocycles. The van der Waals surface area contributed by atoms with Crippen molar-refractivity contribution in [1.82, 2.24) is 0 Å². The average molecular weight is 200 g/mol. The van der Waals surface area contributed by atoms with Crippen molar-refractivity contribution in [3.05, 3.63) is 54.6 Å². The van der Waals surface area contributed by atoms with E-state index >= 15 is 0 Å². The molecule has 0 radical (unpaired) electrons.